The Bertz CT molecular complexity index is 3620. The number of aromatic nitrogens is 2. The second-order valence-electron chi connectivity index (χ2n) is 24.8. The quantitative estimate of drug-likeness (QED) is 0.172. The van der Waals surface area contributed by atoms with Gasteiger partial charge in [-0.05, 0) is 134 Å². The third-order valence-corrected chi connectivity index (χ3v) is 15.0. The lowest BCUT2D eigenvalue weighted by Crippen LogP contribution is -2.31. The summed E-state index contributed by atoms with van der Waals surface area (Å²) in [6.07, 6.45) is 8.24. The zero-order chi connectivity index (χ0) is 46.1. The van der Waals surface area contributed by atoms with E-state index in [2.05, 4.69) is 233 Å². The normalized spacial score (nSPS) is 16.0. The van der Waals surface area contributed by atoms with Gasteiger partial charge in [0, 0.05) is 54.5 Å². The highest BCUT2D eigenvalue weighted by Crippen LogP contribution is 2.48. The Morgan fingerprint density at radius 3 is 1.29 bits per heavy atom. The van der Waals surface area contributed by atoms with Crippen LogP contribution in [0.1, 0.15) is 133 Å². The molecule has 0 N–H and O–H groups in total. The molecule has 11 rings (SSSR count). The number of hydrogen-bond donors (Lipinski definition) is 0. The van der Waals surface area contributed by atoms with Crippen molar-refractivity contribution >= 4 is 87.6 Å². The summed E-state index contributed by atoms with van der Waals surface area (Å²) >= 11 is 0. The highest BCUT2D eigenvalue weighted by Gasteiger charge is 2.29. The van der Waals surface area contributed by atoms with Crippen LogP contribution >= 0.6 is 0 Å². The Labute approximate surface area is 386 Å². The minimum absolute atomic E-state index is 0.00438. The molecule has 4 heterocycles. The molecule has 6 aromatic carbocycles. The number of rotatable bonds is 3. The Morgan fingerprint density at radius 1 is 0.385 bits per heavy atom. The molecule has 1 unspecified atom stereocenters. The first-order valence-electron chi connectivity index (χ1n) is 24.1. The van der Waals surface area contributed by atoms with E-state index in [1.54, 1.807) is 0 Å². The van der Waals surface area contributed by atoms with Gasteiger partial charge in [-0.1, -0.05) is 146 Å². The van der Waals surface area contributed by atoms with Crippen molar-refractivity contribution in [3.8, 4) is 0 Å². The molecule has 65 heavy (non-hydrogen) atoms. The minimum Gasteiger partial charge on any atom is -0.334 e. The second-order valence-corrected chi connectivity index (χ2v) is 24.8. The number of allylic oxidation sites excluding steroid dienone is 2. The van der Waals surface area contributed by atoms with Crippen LogP contribution in [0.4, 0.5) is 11.4 Å². The maximum Gasteiger partial charge on any atom is 0.0620 e. The van der Waals surface area contributed by atoms with E-state index in [1.165, 1.54) is 115 Å². The van der Waals surface area contributed by atoms with Gasteiger partial charge in [0.25, 0.3) is 0 Å². The Balaban J connectivity index is 1.22. The van der Waals surface area contributed by atoms with Crippen LogP contribution in [-0.4, -0.2) is 14.8 Å². The highest BCUT2D eigenvalue weighted by molar-refractivity contribution is 6.29. The summed E-state index contributed by atoms with van der Waals surface area (Å²) in [7, 11) is 0. The predicted octanol–water partition coefficient (Wildman–Crippen LogP) is 17.6. The van der Waals surface area contributed by atoms with Gasteiger partial charge >= 0.3 is 0 Å². The van der Waals surface area contributed by atoms with Gasteiger partial charge in [-0.2, -0.15) is 0 Å². The molecular weight excluding hydrogens is 787 g/mol. The summed E-state index contributed by atoms with van der Waals surface area (Å²) < 4.78 is 5.20. The van der Waals surface area contributed by atoms with Crippen molar-refractivity contribution in [2.45, 2.75) is 138 Å². The first-order chi connectivity index (χ1) is 30.4. The third-order valence-electron chi connectivity index (χ3n) is 15.0. The van der Waals surface area contributed by atoms with Gasteiger partial charge in [0.15, 0.2) is 0 Å². The summed E-state index contributed by atoms with van der Waals surface area (Å²) in [6.45, 7) is 35.0. The van der Waals surface area contributed by atoms with Crippen molar-refractivity contribution in [1.82, 2.24) is 8.80 Å². The van der Waals surface area contributed by atoms with Crippen LogP contribution in [0.15, 0.2) is 121 Å². The van der Waals surface area contributed by atoms with Crippen LogP contribution in [0.5, 0.6) is 0 Å². The second kappa shape index (κ2) is 13.4. The van der Waals surface area contributed by atoms with Gasteiger partial charge in [0.2, 0.25) is 0 Å². The van der Waals surface area contributed by atoms with Gasteiger partial charge in [0.05, 0.1) is 39.1 Å². The molecule has 330 valence electrons. The average Bonchev–Trinajstić information content (AvgIpc) is 3.94. The topological polar surface area (TPSA) is 12.1 Å². The fourth-order valence-electron chi connectivity index (χ4n) is 11.1. The Kier molecular flexibility index (Phi) is 8.63. The lowest BCUT2D eigenvalue weighted by atomic mass is 9.82. The Morgan fingerprint density at radius 2 is 0.815 bits per heavy atom. The molecule has 4 aromatic heterocycles. The van der Waals surface area contributed by atoms with Crippen molar-refractivity contribution in [1.29, 1.82) is 0 Å². The number of benzene rings is 6. The average molecular weight is 854 g/mol. The van der Waals surface area contributed by atoms with Crippen LogP contribution in [-0.2, 0) is 21.7 Å². The van der Waals surface area contributed by atoms with E-state index in [9.17, 15) is 0 Å². The number of nitrogens with zero attached hydrogens (tertiary/aromatic N) is 3. The van der Waals surface area contributed by atoms with Gasteiger partial charge in [-0.25, -0.2) is 0 Å². The van der Waals surface area contributed by atoms with E-state index < -0.39 is 0 Å². The molecule has 0 spiro atoms. The molecular formula is C62H67N3. The zero-order valence-electron chi connectivity index (χ0n) is 41.6. The molecule has 0 amide bonds. The fourth-order valence-corrected chi connectivity index (χ4v) is 11.1. The van der Waals surface area contributed by atoms with Crippen LogP contribution in [0.3, 0.4) is 0 Å². The molecule has 10 aromatic rings. The molecule has 0 fully saturated rings. The molecule has 3 nitrogen and oxygen atoms in total. The van der Waals surface area contributed by atoms with E-state index in [-0.39, 0.29) is 33.1 Å². The monoisotopic (exact) mass is 854 g/mol. The summed E-state index contributed by atoms with van der Waals surface area (Å²) in [6, 6.07) is 39.1. The molecule has 1 aliphatic rings. The molecule has 0 bridgehead atoms. The number of fused-ring (bicyclic) bond motifs is 12. The van der Waals surface area contributed by atoms with Gasteiger partial charge in [-0.15, -0.1) is 0 Å². The summed E-state index contributed by atoms with van der Waals surface area (Å²) in [5, 5.41) is 10.7. The van der Waals surface area contributed by atoms with Crippen LogP contribution in [0.2, 0.25) is 0 Å². The molecule has 1 aliphatic carbocycles. The zero-order valence-corrected chi connectivity index (χ0v) is 41.6. The largest absolute Gasteiger partial charge is 0.334 e. The van der Waals surface area contributed by atoms with E-state index in [1.807, 2.05) is 0 Å². The maximum atomic E-state index is 2.62. The SMILES string of the molecule is CC(C)(C)C1=CCC(N(c2ccc(C(C)(C)C)cc2)c2ccc3c4cc(C(C)(C)C)cc5c6cc7c(cc6n(c3c2)c45)c2cc(C(C)(C)C)cc3c4cc(C(C)(C)C)ccc4n7c32)C=C1. The summed E-state index contributed by atoms with van der Waals surface area (Å²) in [5.74, 6) is 0. The third kappa shape index (κ3) is 6.35. The summed E-state index contributed by atoms with van der Waals surface area (Å²) in [5.41, 5.74) is 17.3. The van der Waals surface area contributed by atoms with Crippen molar-refractivity contribution in [3.05, 3.63) is 143 Å². The van der Waals surface area contributed by atoms with Crippen molar-refractivity contribution in [2.24, 2.45) is 5.41 Å². The number of anilines is 2. The van der Waals surface area contributed by atoms with Gasteiger partial charge in [0.1, 0.15) is 0 Å². The van der Waals surface area contributed by atoms with Crippen molar-refractivity contribution in [2.75, 3.05) is 4.90 Å². The van der Waals surface area contributed by atoms with Crippen molar-refractivity contribution in [3.63, 3.8) is 0 Å². The van der Waals surface area contributed by atoms with Gasteiger partial charge in [-0.3, -0.25) is 0 Å². The molecule has 1 atom stereocenters. The van der Waals surface area contributed by atoms with E-state index in [0.29, 0.717) is 0 Å². The van der Waals surface area contributed by atoms with E-state index in [0.717, 1.165) is 6.42 Å². The fraction of sp³-hybridized carbons (Fsp3) is 0.355. The maximum absolute atomic E-state index is 2.62. The molecule has 3 heteroatoms. The first kappa shape index (κ1) is 41.9. The number of hydrogen-bond acceptors (Lipinski definition) is 1. The predicted molar refractivity (Wildman–Crippen MR) is 284 cm³/mol. The molecule has 0 aliphatic heterocycles. The van der Waals surface area contributed by atoms with Crippen LogP contribution < -0.4 is 4.90 Å². The summed E-state index contributed by atoms with van der Waals surface area (Å²) in [4.78, 5) is 2.58. The molecule has 0 radical (unpaired) electrons. The standard InChI is InChI=1S/C62H67N3/c1-58(2,3)36-16-21-41(22-17-36)63(42-23-18-37(19-24-42)59(4,5)6)43-25-26-44-48-29-39(61(10,11)12)31-50-47-34-54-46(35-55(47)65(56(48)50)53(44)33-43)51-32-40(62(13,14)15)30-49-45-28-38(60(7,8)9)20-27-52(45)64(54)57(49)51/h16-23,25-35,42H,24H2,1-15H3. The van der Waals surface area contributed by atoms with Gasteiger partial charge < -0.3 is 13.7 Å². The van der Waals surface area contributed by atoms with Crippen LogP contribution in [0, 0.1) is 5.41 Å². The van der Waals surface area contributed by atoms with E-state index in [4.69, 9.17) is 0 Å². The molecule has 0 saturated heterocycles. The lowest BCUT2D eigenvalue weighted by Gasteiger charge is -2.35. The minimum atomic E-state index is -0.0194. The smallest absolute Gasteiger partial charge is 0.0620 e. The Hall–Kier alpha value is -5.80. The van der Waals surface area contributed by atoms with E-state index >= 15 is 0 Å². The van der Waals surface area contributed by atoms with Crippen LogP contribution in [0.25, 0.3) is 76.2 Å². The lowest BCUT2D eigenvalue weighted by molar-refractivity contribution is 0.510. The highest BCUT2D eigenvalue weighted by atomic mass is 15.2. The first-order valence-corrected chi connectivity index (χ1v) is 24.1. The molecule has 0 saturated carbocycles. The van der Waals surface area contributed by atoms with Crippen molar-refractivity contribution < 1.29 is 0 Å².